The van der Waals surface area contributed by atoms with E-state index >= 15 is 0 Å². The monoisotopic (exact) mass is 556 g/mol. The lowest BCUT2D eigenvalue weighted by Crippen LogP contribution is -2.56. The number of carbonyl (C=O) groups excluding carboxylic acids is 2. The summed E-state index contributed by atoms with van der Waals surface area (Å²) in [5, 5.41) is 13.7. The molecule has 0 saturated heterocycles. The standard InChI is InChI=1S/C29H44N6O5/c1-16-11-12-29-19(18(16)3)8-9-21(36)25(29)40-24-22(10-7-17(2)23(24)29)39-28(38)35(4)15-14-33-26(37)20(30)6-5-13-34-27(31)32/h7-10,16,18-21,25,36H,5-6,11-15,30H2,1-4H3,(H,33,37)(H4,31,32,34)/t16-,18+,19?,20+,21?,25+,29+/m1/s1. The van der Waals surface area contributed by atoms with E-state index in [2.05, 4.69) is 37.2 Å². The van der Waals surface area contributed by atoms with Crippen LogP contribution in [0.1, 0.15) is 50.7 Å². The fraction of sp³-hybridized carbons (Fsp3) is 0.621. The molecule has 1 aromatic rings. The fourth-order valence-electron chi connectivity index (χ4n) is 6.60. The number of fused-ring (bicyclic) bond motifs is 1. The van der Waals surface area contributed by atoms with Gasteiger partial charge in [0.15, 0.2) is 17.5 Å². The van der Waals surface area contributed by atoms with E-state index in [4.69, 9.17) is 26.7 Å². The number of benzene rings is 1. The molecule has 1 saturated carbocycles. The van der Waals surface area contributed by atoms with Gasteiger partial charge in [-0.05, 0) is 62.0 Å². The summed E-state index contributed by atoms with van der Waals surface area (Å²) in [4.78, 5) is 30.6. The summed E-state index contributed by atoms with van der Waals surface area (Å²) in [5.41, 5.74) is 18.3. The van der Waals surface area contributed by atoms with Crippen LogP contribution in [0.25, 0.3) is 0 Å². The number of nitrogens with one attached hydrogen (secondary N) is 1. The Morgan fingerprint density at radius 3 is 2.77 bits per heavy atom. The van der Waals surface area contributed by atoms with Crippen molar-refractivity contribution in [2.75, 3.05) is 26.7 Å². The summed E-state index contributed by atoms with van der Waals surface area (Å²) in [6.07, 6.45) is 5.23. The van der Waals surface area contributed by atoms with E-state index in [1.807, 2.05) is 12.1 Å². The number of ether oxygens (including phenoxy) is 2. The molecule has 1 heterocycles. The topological polar surface area (TPSA) is 179 Å². The van der Waals surface area contributed by atoms with Crippen LogP contribution in [0.3, 0.4) is 0 Å². The van der Waals surface area contributed by atoms with Crippen LogP contribution in [0.15, 0.2) is 29.3 Å². The number of hydrogen-bond acceptors (Lipinski definition) is 7. The maximum absolute atomic E-state index is 13.0. The van der Waals surface area contributed by atoms with Crippen molar-refractivity contribution in [3.05, 3.63) is 35.4 Å². The summed E-state index contributed by atoms with van der Waals surface area (Å²) >= 11 is 0. The van der Waals surface area contributed by atoms with Crippen molar-refractivity contribution < 1.29 is 24.2 Å². The molecule has 1 spiro atoms. The van der Waals surface area contributed by atoms with Crippen molar-refractivity contribution in [3.63, 3.8) is 0 Å². The van der Waals surface area contributed by atoms with E-state index in [0.29, 0.717) is 42.7 Å². The number of nitrogens with two attached hydrogens (primary N) is 3. The Labute approximate surface area is 236 Å². The largest absolute Gasteiger partial charge is 0.482 e. The molecule has 8 N–H and O–H groups in total. The molecule has 4 rings (SSSR count). The van der Waals surface area contributed by atoms with E-state index in [-0.39, 0.29) is 36.3 Å². The number of rotatable bonds is 9. The Morgan fingerprint density at radius 2 is 2.05 bits per heavy atom. The first-order valence-corrected chi connectivity index (χ1v) is 14.2. The lowest BCUT2D eigenvalue weighted by atomic mass is 9.52. The molecule has 0 aromatic heterocycles. The van der Waals surface area contributed by atoms with Gasteiger partial charge in [0, 0.05) is 37.7 Å². The number of guanidine groups is 1. The maximum Gasteiger partial charge on any atom is 0.415 e. The average molecular weight is 557 g/mol. The third-order valence-corrected chi connectivity index (χ3v) is 9.01. The number of hydrogen-bond donors (Lipinski definition) is 5. The quantitative estimate of drug-likeness (QED) is 0.131. The smallest absolute Gasteiger partial charge is 0.415 e. The minimum Gasteiger partial charge on any atom is -0.482 e. The first-order chi connectivity index (χ1) is 19.0. The van der Waals surface area contributed by atoms with Crippen molar-refractivity contribution in [1.29, 1.82) is 0 Å². The Kier molecular flexibility index (Phi) is 8.94. The van der Waals surface area contributed by atoms with Crippen LogP contribution < -0.4 is 32.0 Å². The molecule has 2 unspecified atom stereocenters. The van der Waals surface area contributed by atoms with E-state index < -0.39 is 24.3 Å². The molecule has 2 aliphatic carbocycles. The zero-order valence-electron chi connectivity index (χ0n) is 23.9. The molecule has 11 heteroatoms. The molecule has 1 aromatic carbocycles. The fourth-order valence-corrected chi connectivity index (χ4v) is 6.60. The number of allylic oxidation sites excluding steroid dienone is 1. The van der Waals surface area contributed by atoms with Gasteiger partial charge in [0.05, 0.1) is 6.04 Å². The predicted octanol–water partition coefficient (Wildman–Crippen LogP) is 1.53. The lowest BCUT2D eigenvalue weighted by Gasteiger charge is -2.52. The van der Waals surface area contributed by atoms with Gasteiger partial charge < -0.3 is 42.0 Å². The molecule has 40 heavy (non-hydrogen) atoms. The molecular weight excluding hydrogens is 512 g/mol. The van der Waals surface area contributed by atoms with Gasteiger partial charge in [-0.1, -0.05) is 32.1 Å². The lowest BCUT2D eigenvalue weighted by molar-refractivity contribution is -0.122. The Morgan fingerprint density at radius 1 is 1.30 bits per heavy atom. The van der Waals surface area contributed by atoms with Gasteiger partial charge in [0.25, 0.3) is 0 Å². The molecule has 0 radical (unpaired) electrons. The van der Waals surface area contributed by atoms with Crippen molar-refractivity contribution in [2.45, 2.75) is 70.1 Å². The number of aliphatic hydroxyl groups is 1. The van der Waals surface area contributed by atoms with Gasteiger partial charge in [0.1, 0.15) is 12.2 Å². The van der Waals surface area contributed by atoms with Crippen molar-refractivity contribution in [3.8, 4) is 11.5 Å². The van der Waals surface area contributed by atoms with Crippen LogP contribution in [0.4, 0.5) is 4.79 Å². The average Bonchev–Trinajstić information content (AvgIpc) is 3.27. The molecule has 1 aliphatic heterocycles. The van der Waals surface area contributed by atoms with E-state index in [0.717, 1.165) is 24.0 Å². The van der Waals surface area contributed by atoms with E-state index in [1.165, 1.54) is 4.90 Å². The molecule has 1 fully saturated rings. The van der Waals surface area contributed by atoms with Gasteiger partial charge in [-0.15, -0.1) is 0 Å². The van der Waals surface area contributed by atoms with Crippen molar-refractivity contribution >= 4 is 18.0 Å². The highest BCUT2D eigenvalue weighted by atomic mass is 16.6. The summed E-state index contributed by atoms with van der Waals surface area (Å²) in [6, 6.07) is 3.02. The maximum atomic E-state index is 13.0. The molecule has 220 valence electrons. The predicted molar refractivity (Wildman–Crippen MR) is 153 cm³/mol. The SMILES string of the molecule is Cc1ccc(OC(=O)N(C)CCNC(=O)[C@@H](N)CCCN=C(N)N)c2c1[C@]13CC[C@@H](C)[C@H](C)C1C=CC(O)[C@@H]3O2. The number of aliphatic imine (C=N–C) groups is 1. The third-order valence-electron chi connectivity index (χ3n) is 9.01. The third kappa shape index (κ3) is 5.62. The first kappa shape index (κ1) is 29.7. The molecule has 7 atom stereocenters. The summed E-state index contributed by atoms with van der Waals surface area (Å²) in [6.45, 7) is 7.46. The normalized spacial score (nSPS) is 28.8. The second-order valence-electron chi connectivity index (χ2n) is 11.6. The highest BCUT2D eigenvalue weighted by molar-refractivity contribution is 5.81. The highest BCUT2D eigenvalue weighted by Gasteiger charge is 2.61. The van der Waals surface area contributed by atoms with Crippen molar-refractivity contribution in [1.82, 2.24) is 10.2 Å². The number of likely N-dealkylation sites (N-methyl/N-ethyl adjacent to an activating group) is 1. The van der Waals surface area contributed by atoms with Gasteiger partial charge in [-0.25, -0.2) is 4.79 Å². The Hall–Kier alpha value is -3.31. The minimum absolute atomic E-state index is 0.00478. The summed E-state index contributed by atoms with van der Waals surface area (Å²) < 4.78 is 12.3. The zero-order valence-corrected chi connectivity index (χ0v) is 23.9. The van der Waals surface area contributed by atoms with E-state index in [1.54, 1.807) is 13.1 Å². The van der Waals surface area contributed by atoms with Crippen LogP contribution in [0.5, 0.6) is 11.5 Å². The Balaban J connectivity index is 1.40. The zero-order chi connectivity index (χ0) is 29.2. The molecular formula is C29H44N6O5. The van der Waals surface area contributed by atoms with Gasteiger partial charge in [-0.3, -0.25) is 9.79 Å². The molecule has 11 nitrogen and oxygen atoms in total. The van der Waals surface area contributed by atoms with Crippen LogP contribution in [0.2, 0.25) is 0 Å². The number of amides is 2. The second kappa shape index (κ2) is 12.1. The van der Waals surface area contributed by atoms with Crippen molar-refractivity contribution in [2.24, 2.45) is 39.9 Å². The number of carbonyl (C=O) groups is 2. The van der Waals surface area contributed by atoms with E-state index in [9.17, 15) is 14.7 Å². The minimum atomic E-state index is -0.739. The second-order valence-corrected chi connectivity index (χ2v) is 11.6. The molecule has 3 aliphatic rings. The number of aliphatic hydroxyl groups excluding tert-OH is 1. The van der Waals surface area contributed by atoms with Crippen LogP contribution in [0, 0.1) is 24.7 Å². The summed E-state index contributed by atoms with van der Waals surface area (Å²) in [7, 11) is 1.60. The summed E-state index contributed by atoms with van der Waals surface area (Å²) in [5.74, 6) is 1.79. The van der Waals surface area contributed by atoms with Gasteiger partial charge >= 0.3 is 6.09 Å². The van der Waals surface area contributed by atoms with Crippen LogP contribution >= 0.6 is 0 Å². The number of aryl methyl sites for hydroxylation is 1. The number of nitrogens with zero attached hydrogens (tertiary/aromatic N) is 2. The Bertz CT molecular complexity index is 1170. The van der Waals surface area contributed by atoms with Crippen LogP contribution in [-0.2, 0) is 10.2 Å². The highest BCUT2D eigenvalue weighted by Crippen LogP contribution is 2.62. The molecule has 2 amide bonds. The molecule has 0 bridgehead atoms. The van der Waals surface area contributed by atoms with Crippen LogP contribution in [-0.4, -0.2) is 72.9 Å². The first-order valence-electron chi connectivity index (χ1n) is 14.2. The van der Waals surface area contributed by atoms with Gasteiger partial charge in [0.2, 0.25) is 5.91 Å². The van der Waals surface area contributed by atoms with Gasteiger partial charge in [-0.2, -0.15) is 0 Å².